The van der Waals surface area contributed by atoms with Gasteiger partial charge in [-0.25, -0.2) is 9.97 Å². The van der Waals surface area contributed by atoms with E-state index in [0.717, 1.165) is 78.9 Å². The molecule has 0 aliphatic heterocycles. The van der Waals surface area contributed by atoms with Crippen LogP contribution < -0.4 is 0 Å². The first kappa shape index (κ1) is 49.7. The van der Waals surface area contributed by atoms with Crippen LogP contribution in [0.15, 0.2) is 170 Å². The Bertz CT molecular complexity index is 2280. The molecule has 8 aromatic rings. The fraction of sp³-hybridized carbons (Fsp3) is 0.0455. The maximum atomic E-state index is 9.75. The average molecular weight is 945 g/mol. The summed E-state index contributed by atoms with van der Waals surface area (Å²) in [5.74, 6) is 1.02. The van der Waals surface area contributed by atoms with Crippen molar-refractivity contribution in [2.45, 2.75) is 11.8 Å². The maximum absolute atomic E-state index is 9.75. The Morgan fingerprint density at radius 3 is 0.762 bits per heavy atom. The molecule has 0 N–H and O–H groups in total. The molecule has 0 aliphatic rings. The molecule has 0 saturated heterocycles. The van der Waals surface area contributed by atoms with Gasteiger partial charge < -0.3 is 34.5 Å². The summed E-state index contributed by atoms with van der Waals surface area (Å²) in [4.78, 5) is 27.4. The predicted octanol–water partition coefficient (Wildman–Crippen LogP) is 13.8. The van der Waals surface area contributed by atoms with Crippen LogP contribution in [0.2, 0.25) is 0 Å². The fourth-order valence-corrected chi connectivity index (χ4v) is 5.91. The second kappa shape index (κ2) is 24.0. The van der Waals surface area contributed by atoms with Gasteiger partial charge in [-0.05, 0) is 106 Å². The quantitative estimate of drug-likeness (QED) is 0.0858. The van der Waals surface area contributed by atoms with Crippen molar-refractivity contribution in [2.75, 3.05) is 0 Å². The Balaban J connectivity index is 0.000000225. The molecule has 8 rings (SSSR count). The molecule has 2 aromatic carbocycles. The topological polar surface area (TPSA) is 77.3 Å². The SMILES string of the molecule is ClCc1ccc(-c2cc(-c3ccccn3)nc(-c3ccccn3)c2)cc1.ClCc1ccc(-c2cc(-c3ccccn3)nc(-c3ccccn3)c2)cc1.F[B-](F)(F)F.F[B-](F)(F)F.[Fe+2]. The molecule has 0 aliphatic carbocycles. The van der Waals surface area contributed by atoms with Gasteiger partial charge in [0.1, 0.15) is 0 Å². The van der Waals surface area contributed by atoms with Crippen molar-refractivity contribution < 1.29 is 51.6 Å². The average Bonchev–Trinajstić information content (AvgIpc) is 3.29. The van der Waals surface area contributed by atoms with Crippen molar-refractivity contribution in [2.24, 2.45) is 0 Å². The molecule has 6 aromatic heterocycles. The molecular formula is C44H32B2Cl2F8FeN6. The number of benzene rings is 2. The van der Waals surface area contributed by atoms with Crippen LogP contribution in [-0.2, 0) is 28.8 Å². The fourth-order valence-electron chi connectivity index (χ4n) is 5.55. The molecule has 0 radical (unpaired) electrons. The third-order valence-electron chi connectivity index (χ3n) is 8.24. The van der Waals surface area contributed by atoms with E-state index in [1.54, 1.807) is 24.8 Å². The van der Waals surface area contributed by atoms with Crippen molar-refractivity contribution in [1.82, 2.24) is 29.9 Å². The minimum absolute atomic E-state index is 0. The predicted molar refractivity (Wildman–Crippen MR) is 232 cm³/mol. The van der Waals surface area contributed by atoms with Crippen molar-refractivity contribution in [3.8, 4) is 67.8 Å². The summed E-state index contributed by atoms with van der Waals surface area (Å²) in [6, 6.07) is 48.1. The first-order chi connectivity index (χ1) is 29.7. The zero-order valence-electron chi connectivity index (χ0n) is 32.6. The zero-order chi connectivity index (χ0) is 44.5. The molecule has 0 unspecified atom stereocenters. The van der Waals surface area contributed by atoms with E-state index in [1.165, 1.54) is 0 Å². The number of nitrogens with zero attached hydrogens (tertiary/aromatic N) is 6. The van der Waals surface area contributed by atoms with Gasteiger partial charge in [0.05, 0.1) is 45.6 Å². The van der Waals surface area contributed by atoms with Crippen LogP contribution in [0.1, 0.15) is 11.1 Å². The molecule has 322 valence electrons. The molecule has 0 amide bonds. The van der Waals surface area contributed by atoms with Crippen LogP contribution in [-0.4, -0.2) is 44.4 Å². The monoisotopic (exact) mass is 944 g/mol. The van der Waals surface area contributed by atoms with Crippen LogP contribution >= 0.6 is 23.2 Å². The number of rotatable bonds is 8. The van der Waals surface area contributed by atoms with E-state index >= 15 is 0 Å². The Hall–Kier alpha value is -5.99. The first-order valence-electron chi connectivity index (χ1n) is 18.4. The molecule has 0 fully saturated rings. The minimum Gasteiger partial charge on any atom is -0.418 e. The number of alkyl halides is 2. The summed E-state index contributed by atoms with van der Waals surface area (Å²) >= 11 is 11.8. The first-order valence-corrected chi connectivity index (χ1v) is 19.5. The van der Waals surface area contributed by atoms with Gasteiger partial charge in [-0.3, -0.25) is 19.9 Å². The van der Waals surface area contributed by atoms with Crippen molar-refractivity contribution in [1.29, 1.82) is 0 Å². The van der Waals surface area contributed by atoms with E-state index in [0.29, 0.717) is 11.8 Å². The van der Waals surface area contributed by atoms with Gasteiger partial charge in [0.15, 0.2) is 0 Å². The standard InChI is InChI=1S/2C22H16ClN3.2BF4.Fe/c2*23-15-16-7-9-17(10-8-16)18-13-21(19-5-1-3-11-24-19)26-22(14-18)20-6-2-4-12-25-20;2*2-1(3,4)5;/h2*1-14H,15H2;;;/q;;2*-1;+2. The Morgan fingerprint density at radius 2 is 0.571 bits per heavy atom. The van der Waals surface area contributed by atoms with E-state index in [4.69, 9.17) is 33.2 Å². The number of hydrogen-bond acceptors (Lipinski definition) is 6. The molecular weight excluding hydrogens is 913 g/mol. The Kier molecular flexibility index (Phi) is 18.9. The third kappa shape index (κ3) is 17.0. The summed E-state index contributed by atoms with van der Waals surface area (Å²) in [5.41, 5.74) is 13.2. The molecule has 6 heterocycles. The largest absolute Gasteiger partial charge is 2.00 e. The van der Waals surface area contributed by atoms with Crippen molar-refractivity contribution in [3.05, 3.63) is 182 Å². The van der Waals surface area contributed by atoms with E-state index in [2.05, 4.69) is 68.5 Å². The summed E-state index contributed by atoms with van der Waals surface area (Å²) < 4.78 is 78.0. The molecule has 0 saturated carbocycles. The summed E-state index contributed by atoms with van der Waals surface area (Å²) in [6.45, 7) is 0. The summed E-state index contributed by atoms with van der Waals surface area (Å²) in [5, 5.41) is 0. The minimum atomic E-state index is -6.00. The van der Waals surface area contributed by atoms with Crippen LogP contribution in [0.3, 0.4) is 0 Å². The van der Waals surface area contributed by atoms with Gasteiger partial charge in [0.25, 0.3) is 0 Å². The summed E-state index contributed by atoms with van der Waals surface area (Å²) in [7, 11) is -12.0. The normalized spacial score (nSPS) is 10.7. The zero-order valence-corrected chi connectivity index (χ0v) is 35.2. The number of pyridine rings is 6. The van der Waals surface area contributed by atoms with Gasteiger partial charge in [-0.2, -0.15) is 0 Å². The number of halogens is 10. The van der Waals surface area contributed by atoms with E-state index in [-0.39, 0.29) is 17.1 Å². The molecule has 0 atom stereocenters. The number of hydrogen-bond donors (Lipinski definition) is 0. The van der Waals surface area contributed by atoms with E-state index in [1.807, 2.05) is 97.1 Å². The second-order valence-corrected chi connectivity index (χ2v) is 13.3. The maximum Gasteiger partial charge on any atom is 2.00 e. The third-order valence-corrected chi connectivity index (χ3v) is 8.86. The van der Waals surface area contributed by atoms with Gasteiger partial charge in [0.2, 0.25) is 0 Å². The summed E-state index contributed by atoms with van der Waals surface area (Å²) in [6.07, 6.45) is 7.11. The molecule has 0 spiro atoms. The molecule has 0 bridgehead atoms. The smallest absolute Gasteiger partial charge is 0.418 e. The molecule has 19 heteroatoms. The molecule has 63 heavy (non-hydrogen) atoms. The second-order valence-electron chi connectivity index (χ2n) is 12.8. The van der Waals surface area contributed by atoms with Crippen molar-refractivity contribution >= 4 is 37.7 Å². The van der Waals surface area contributed by atoms with Gasteiger partial charge in [-0.15, -0.1) is 23.2 Å². The van der Waals surface area contributed by atoms with Crippen LogP contribution in [0.5, 0.6) is 0 Å². The van der Waals surface area contributed by atoms with Crippen LogP contribution in [0.4, 0.5) is 34.5 Å². The van der Waals surface area contributed by atoms with Gasteiger partial charge >= 0.3 is 31.6 Å². The number of aromatic nitrogens is 6. The van der Waals surface area contributed by atoms with E-state index < -0.39 is 14.5 Å². The van der Waals surface area contributed by atoms with Crippen LogP contribution in [0.25, 0.3) is 67.8 Å². The molecule has 6 nitrogen and oxygen atoms in total. The Morgan fingerprint density at radius 1 is 0.333 bits per heavy atom. The van der Waals surface area contributed by atoms with Crippen LogP contribution in [0, 0.1) is 0 Å². The van der Waals surface area contributed by atoms with Gasteiger partial charge in [-0.1, -0.05) is 72.8 Å². The van der Waals surface area contributed by atoms with Crippen molar-refractivity contribution in [3.63, 3.8) is 0 Å². The van der Waals surface area contributed by atoms with Gasteiger partial charge in [0, 0.05) is 36.5 Å². The van der Waals surface area contributed by atoms with E-state index in [9.17, 15) is 34.5 Å². The Labute approximate surface area is 378 Å².